The summed E-state index contributed by atoms with van der Waals surface area (Å²) in [4.78, 5) is 0. The minimum Gasteiger partial charge on any atom is -0.477 e. The van der Waals surface area contributed by atoms with Gasteiger partial charge in [0, 0.05) is 18.7 Å². The Bertz CT molecular complexity index is 1150. The smallest absolute Gasteiger partial charge is 0.417 e. The molecule has 0 bridgehead atoms. The first-order chi connectivity index (χ1) is 13.9. The summed E-state index contributed by atoms with van der Waals surface area (Å²) in [5.74, 6) is -1.96. The number of nitrogens with zero attached hydrogens (tertiary/aromatic N) is 4. The standard InChI is InChI=1S/C20H15F5N4O/c1-19(2,30-16-7-5-12(21)9-15(16)22)18-28-27-17(29(18)3)13-6-4-11(10-26)8-14(13)20(23,24)25/h4-9H,1-3H3. The van der Waals surface area contributed by atoms with Gasteiger partial charge >= 0.3 is 6.18 Å². The summed E-state index contributed by atoms with van der Waals surface area (Å²) in [5, 5.41) is 16.7. The topological polar surface area (TPSA) is 63.7 Å². The molecule has 5 nitrogen and oxygen atoms in total. The Kier molecular flexibility index (Phi) is 5.24. The van der Waals surface area contributed by atoms with Gasteiger partial charge in [0.2, 0.25) is 0 Å². The molecule has 1 aromatic heterocycles. The Balaban J connectivity index is 2.05. The third kappa shape index (κ3) is 3.96. The van der Waals surface area contributed by atoms with Gasteiger partial charge in [-0.1, -0.05) is 0 Å². The van der Waals surface area contributed by atoms with Gasteiger partial charge in [0.15, 0.2) is 28.8 Å². The van der Waals surface area contributed by atoms with Gasteiger partial charge in [-0.25, -0.2) is 8.78 Å². The largest absolute Gasteiger partial charge is 0.477 e. The van der Waals surface area contributed by atoms with E-state index >= 15 is 0 Å². The Morgan fingerprint density at radius 3 is 2.33 bits per heavy atom. The van der Waals surface area contributed by atoms with E-state index in [1.807, 2.05) is 0 Å². The van der Waals surface area contributed by atoms with Crippen molar-refractivity contribution in [1.29, 1.82) is 5.26 Å². The third-order valence-corrected chi connectivity index (χ3v) is 4.37. The summed E-state index contributed by atoms with van der Waals surface area (Å²) in [6.07, 6.45) is -4.72. The summed E-state index contributed by atoms with van der Waals surface area (Å²) < 4.78 is 74.5. The van der Waals surface area contributed by atoms with Crippen LogP contribution in [0.4, 0.5) is 22.0 Å². The molecule has 0 atom stereocenters. The highest BCUT2D eigenvalue weighted by Crippen LogP contribution is 2.38. The van der Waals surface area contributed by atoms with Gasteiger partial charge in [-0.3, -0.25) is 0 Å². The van der Waals surface area contributed by atoms with E-state index in [1.165, 1.54) is 31.5 Å². The molecule has 0 fully saturated rings. The number of halogens is 5. The fourth-order valence-corrected chi connectivity index (χ4v) is 3.01. The molecular formula is C20H15F5N4O. The molecule has 0 aliphatic rings. The van der Waals surface area contributed by atoms with Crippen molar-refractivity contribution in [2.75, 3.05) is 0 Å². The molecule has 156 valence electrons. The van der Waals surface area contributed by atoms with Gasteiger partial charge in [0.05, 0.1) is 17.2 Å². The normalized spacial score (nSPS) is 12.0. The second-order valence-electron chi connectivity index (χ2n) is 6.96. The molecule has 2 aromatic carbocycles. The number of rotatable bonds is 4. The molecule has 3 aromatic rings. The van der Waals surface area contributed by atoms with Crippen molar-refractivity contribution in [3.63, 3.8) is 0 Å². The lowest BCUT2D eigenvalue weighted by Crippen LogP contribution is -2.29. The number of aromatic nitrogens is 3. The number of ether oxygens (including phenoxy) is 1. The fourth-order valence-electron chi connectivity index (χ4n) is 3.01. The highest BCUT2D eigenvalue weighted by atomic mass is 19.4. The maximum absolute atomic E-state index is 14.0. The van der Waals surface area contributed by atoms with E-state index in [2.05, 4.69) is 10.2 Å². The predicted octanol–water partition coefficient (Wildman–Crippen LogP) is 4.96. The quantitative estimate of drug-likeness (QED) is 0.558. The van der Waals surface area contributed by atoms with E-state index in [-0.39, 0.29) is 28.5 Å². The van der Waals surface area contributed by atoms with E-state index in [9.17, 15) is 22.0 Å². The molecular weight excluding hydrogens is 407 g/mol. The zero-order valence-electron chi connectivity index (χ0n) is 16.1. The molecule has 10 heteroatoms. The van der Waals surface area contributed by atoms with Gasteiger partial charge in [-0.05, 0) is 44.2 Å². The number of hydrogen-bond acceptors (Lipinski definition) is 4. The third-order valence-electron chi connectivity index (χ3n) is 4.37. The molecule has 0 saturated heterocycles. The molecule has 0 N–H and O–H groups in total. The second kappa shape index (κ2) is 7.40. The van der Waals surface area contributed by atoms with Crippen LogP contribution in [0.5, 0.6) is 5.75 Å². The van der Waals surface area contributed by atoms with Crippen LogP contribution in [0.25, 0.3) is 11.4 Å². The van der Waals surface area contributed by atoms with Crippen LogP contribution in [0.3, 0.4) is 0 Å². The first-order valence-electron chi connectivity index (χ1n) is 8.59. The second-order valence-corrected chi connectivity index (χ2v) is 6.96. The molecule has 0 unspecified atom stereocenters. The van der Waals surface area contributed by atoms with Crippen molar-refractivity contribution in [1.82, 2.24) is 14.8 Å². The number of hydrogen-bond donors (Lipinski definition) is 0. The molecule has 0 aliphatic carbocycles. The number of benzene rings is 2. The molecule has 0 amide bonds. The molecule has 30 heavy (non-hydrogen) atoms. The minimum absolute atomic E-state index is 0.110. The summed E-state index contributed by atoms with van der Waals surface area (Å²) in [6.45, 7) is 3.04. The SMILES string of the molecule is Cn1c(-c2ccc(C#N)cc2C(F)(F)F)nnc1C(C)(C)Oc1ccc(F)cc1F. The van der Waals surface area contributed by atoms with E-state index in [0.717, 1.165) is 24.3 Å². The van der Waals surface area contributed by atoms with Crippen molar-refractivity contribution in [2.24, 2.45) is 7.05 Å². The first-order valence-corrected chi connectivity index (χ1v) is 8.59. The Labute approximate surface area is 168 Å². The van der Waals surface area contributed by atoms with E-state index in [4.69, 9.17) is 10.00 Å². The molecule has 0 aliphatic heterocycles. The average molecular weight is 422 g/mol. The number of alkyl halides is 3. The minimum atomic E-state index is -4.72. The van der Waals surface area contributed by atoms with E-state index in [1.54, 1.807) is 6.07 Å². The number of nitriles is 1. The summed E-state index contributed by atoms with van der Waals surface area (Å²) >= 11 is 0. The van der Waals surface area contributed by atoms with Crippen LogP contribution < -0.4 is 4.74 Å². The van der Waals surface area contributed by atoms with Crippen LogP contribution in [-0.4, -0.2) is 14.8 Å². The van der Waals surface area contributed by atoms with Crippen LogP contribution in [0.15, 0.2) is 36.4 Å². The molecule has 3 rings (SSSR count). The van der Waals surface area contributed by atoms with Crippen molar-refractivity contribution < 1.29 is 26.7 Å². The van der Waals surface area contributed by atoms with Crippen LogP contribution in [0.1, 0.15) is 30.8 Å². The highest BCUT2D eigenvalue weighted by Gasteiger charge is 2.37. The zero-order chi connectivity index (χ0) is 22.3. The van der Waals surface area contributed by atoms with Gasteiger partial charge < -0.3 is 9.30 Å². The lowest BCUT2D eigenvalue weighted by Gasteiger charge is -2.25. The zero-order valence-corrected chi connectivity index (χ0v) is 16.1. The maximum atomic E-state index is 14.0. The maximum Gasteiger partial charge on any atom is 0.417 e. The predicted molar refractivity (Wildman–Crippen MR) is 96.2 cm³/mol. The van der Waals surface area contributed by atoms with Crippen LogP contribution in [0.2, 0.25) is 0 Å². The Morgan fingerprint density at radius 1 is 1.03 bits per heavy atom. The van der Waals surface area contributed by atoms with Crippen molar-refractivity contribution in [3.8, 4) is 23.2 Å². The molecule has 1 heterocycles. The lowest BCUT2D eigenvalue weighted by atomic mass is 10.0. The average Bonchev–Trinajstić information content (AvgIpc) is 3.05. The van der Waals surface area contributed by atoms with Gasteiger partial charge in [-0.15, -0.1) is 10.2 Å². The van der Waals surface area contributed by atoms with Crippen molar-refractivity contribution in [3.05, 3.63) is 65.0 Å². The van der Waals surface area contributed by atoms with Crippen LogP contribution in [0, 0.1) is 23.0 Å². The van der Waals surface area contributed by atoms with Crippen LogP contribution in [-0.2, 0) is 18.8 Å². The summed E-state index contributed by atoms with van der Waals surface area (Å²) in [6, 6.07) is 7.57. The van der Waals surface area contributed by atoms with Gasteiger partial charge in [-0.2, -0.15) is 18.4 Å². The lowest BCUT2D eigenvalue weighted by molar-refractivity contribution is -0.137. The summed E-state index contributed by atoms with van der Waals surface area (Å²) in [5.41, 5.74) is -2.77. The van der Waals surface area contributed by atoms with E-state index in [0.29, 0.717) is 6.07 Å². The van der Waals surface area contributed by atoms with E-state index < -0.39 is 29.0 Å². The highest BCUT2D eigenvalue weighted by molar-refractivity contribution is 5.63. The first kappa shape index (κ1) is 21.2. The Morgan fingerprint density at radius 2 is 1.73 bits per heavy atom. The monoisotopic (exact) mass is 422 g/mol. The molecule has 0 saturated carbocycles. The van der Waals surface area contributed by atoms with Gasteiger partial charge in [0.1, 0.15) is 5.82 Å². The van der Waals surface area contributed by atoms with Crippen LogP contribution >= 0.6 is 0 Å². The Hall–Kier alpha value is -3.48. The van der Waals surface area contributed by atoms with Crippen molar-refractivity contribution in [2.45, 2.75) is 25.6 Å². The van der Waals surface area contributed by atoms with Crippen molar-refractivity contribution >= 4 is 0 Å². The van der Waals surface area contributed by atoms with Gasteiger partial charge in [0.25, 0.3) is 0 Å². The molecule has 0 spiro atoms. The molecule has 0 radical (unpaired) electrons. The fraction of sp³-hybridized carbons (Fsp3) is 0.250. The summed E-state index contributed by atoms with van der Waals surface area (Å²) in [7, 11) is 1.44.